The van der Waals surface area contributed by atoms with Crippen molar-refractivity contribution in [3.05, 3.63) is 41.0 Å². The molecule has 2 rings (SSSR count). The maximum absolute atomic E-state index is 12.1. The zero-order valence-electron chi connectivity index (χ0n) is 13.6. The van der Waals surface area contributed by atoms with Crippen LogP contribution in [0.5, 0.6) is 0 Å². The fraction of sp³-hybridized carbons (Fsp3) is 0.500. The zero-order chi connectivity index (χ0) is 15.4. The highest BCUT2D eigenvalue weighted by Crippen LogP contribution is 2.19. The van der Waals surface area contributed by atoms with Gasteiger partial charge in [0.2, 0.25) is 5.91 Å². The van der Waals surface area contributed by atoms with Crippen molar-refractivity contribution in [3.8, 4) is 0 Å². The van der Waals surface area contributed by atoms with Crippen molar-refractivity contribution in [2.45, 2.75) is 46.6 Å². The first-order valence-electron chi connectivity index (χ1n) is 7.73. The van der Waals surface area contributed by atoms with Crippen LogP contribution in [-0.4, -0.2) is 29.9 Å². The number of nitrogens with one attached hydrogen (secondary N) is 1. The molecule has 3 nitrogen and oxygen atoms in total. The third-order valence-corrected chi connectivity index (χ3v) is 4.02. The van der Waals surface area contributed by atoms with Crippen LogP contribution in [-0.2, 0) is 4.79 Å². The molecule has 21 heavy (non-hydrogen) atoms. The Labute approximate surface area is 128 Å². The molecule has 0 saturated carbocycles. The normalized spacial score (nSPS) is 18.3. The number of aryl methyl sites for hydroxylation is 2. The molecule has 0 aromatic heterocycles. The summed E-state index contributed by atoms with van der Waals surface area (Å²) < 4.78 is 0. The Morgan fingerprint density at radius 3 is 2.71 bits per heavy atom. The molecule has 0 bridgehead atoms. The van der Waals surface area contributed by atoms with Gasteiger partial charge in [-0.25, -0.2) is 0 Å². The van der Waals surface area contributed by atoms with Crippen molar-refractivity contribution >= 4 is 11.6 Å². The quantitative estimate of drug-likeness (QED) is 0.860. The standard InChI is InChI=1S/C18H26N2O/c1-13(2)10-18(21)20-9-5-6-17(12-20)19-16-8-7-14(3)15(4)11-16/h7-8,10-11,17,19H,5-6,9,12H2,1-4H3/t17-/m0/s1. The van der Waals surface area contributed by atoms with Crippen LogP contribution >= 0.6 is 0 Å². The van der Waals surface area contributed by atoms with Gasteiger partial charge in [-0.2, -0.15) is 0 Å². The molecule has 1 aliphatic heterocycles. The lowest BCUT2D eigenvalue weighted by Gasteiger charge is -2.33. The third kappa shape index (κ3) is 4.35. The van der Waals surface area contributed by atoms with E-state index in [2.05, 4.69) is 37.4 Å². The van der Waals surface area contributed by atoms with E-state index in [4.69, 9.17) is 0 Å². The lowest BCUT2D eigenvalue weighted by molar-refractivity contribution is -0.127. The number of rotatable bonds is 3. The second-order valence-electron chi connectivity index (χ2n) is 6.29. The fourth-order valence-electron chi connectivity index (χ4n) is 2.70. The third-order valence-electron chi connectivity index (χ3n) is 4.02. The van der Waals surface area contributed by atoms with Gasteiger partial charge < -0.3 is 10.2 Å². The van der Waals surface area contributed by atoms with Crippen LogP contribution in [0.1, 0.15) is 37.8 Å². The van der Waals surface area contributed by atoms with Crippen LogP contribution in [0, 0.1) is 13.8 Å². The number of piperidine rings is 1. The van der Waals surface area contributed by atoms with Crippen LogP contribution in [0.3, 0.4) is 0 Å². The molecule has 1 saturated heterocycles. The van der Waals surface area contributed by atoms with E-state index in [9.17, 15) is 4.79 Å². The average molecular weight is 286 g/mol. The van der Waals surface area contributed by atoms with Gasteiger partial charge in [-0.15, -0.1) is 0 Å². The number of hydrogen-bond donors (Lipinski definition) is 1. The minimum absolute atomic E-state index is 0.140. The van der Waals surface area contributed by atoms with Gasteiger partial charge in [0.05, 0.1) is 0 Å². The monoisotopic (exact) mass is 286 g/mol. The molecule has 1 aromatic rings. The van der Waals surface area contributed by atoms with E-state index in [-0.39, 0.29) is 5.91 Å². The van der Waals surface area contributed by atoms with Crippen molar-refractivity contribution in [3.63, 3.8) is 0 Å². The van der Waals surface area contributed by atoms with Crippen molar-refractivity contribution < 1.29 is 4.79 Å². The highest BCUT2D eigenvalue weighted by molar-refractivity contribution is 5.88. The first kappa shape index (κ1) is 15.6. The summed E-state index contributed by atoms with van der Waals surface area (Å²) >= 11 is 0. The van der Waals surface area contributed by atoms with Gasteiger partial charge in [-0.1, -0.05) is 11.6 Å². The maximum Gasteiger partial charge on any atom is 0.246 e. The largest absolute Gasteiger partial charge is 0.381 e. The SMILES string of the molecule is CC(C)=CC(=O)N1CCC[C@H](Nc2ccc(C)c(C)c2)C1. The van der Waals surface area contributed by atoms with Crippen molar-refractivity contribution in [2.24, 2.45) is 0 Å². The summed E-state index contributed by atoms with van der Waals surface area (Å²) in [6, 6.07) is 6.80. The van der Waals surface area contributed by atoms with E-state index in [0.29, 0.717) is 6.04 Å². The molecule has 1 fully saturated rings. The molecule has 1 N–H and O–H groups in total. The summed E-state index contributed by atoms with van der Waals surface area (Å²) in [6.07, 6.45) is 3.91. The average Bonchev–Trinajstić information content (AvgIpc) is 2.42. The van der Waals surface area contributed by atoms with Crippen LogP contribution in [0.25, 0.3) is 0 Å². The van der Waals surface area contributed by atoms with Gasteiger partial charge in [0.1, 0.15) is 0 Å². The molecule has 114 valence electrons. The highest BCUT2D eigenvalue weighted by Gasteiger charge is 2.22. The maximum atomic E-state index is 12.1. The van der Waals surface area contributed by atoms with Gasteiger partial charge >= 0.3 is 0 Å². The number of benzene rings is 1. The van der Waals surface area contributed by atoms with Gasteiger partial charge in [0.15, 0.2) is 0 Å². The Balaban J connectivity index is 1.99. The topological polar surface area (TPSA) is 32.3 Å². The van der Waals surface area contributed by atoms with Gasteiger partial charge in [0.25, 0.3) is 0 Å². The molecule has 3 heteroatoms. The molecule has 0 spiro atoms. The Hall–Kier alpha value is -1.77. The summed E-state index contributed by atoms with van der Waals surface area (Å²) in [7, 11) is 0. The van der Waals surface area contributed by atoms with Crippen molar-refractivity contribution in [1.82, 2.24) is 4.90 Å². The number of nitrogens with zero attached hydrogens (tertiary/aromatic N) is 1. The molecule has 0 aliphatic carbocycles. The van der Waals surface area contributed by atoms with E-state index in [1.54, 1.807) is 6.08 Å². The molecule has 1 atom stereocenters. The molecule has 1 aliphatic rings. The predicted molar refractivity (Wildman–Crippen MR) is 88.6 cm³/mol. The second-order valence-corrected chi connectivity index (χ2v) is 6.29. The molecular formula is C18H26N2O. The van der Waals surface area contributed by atoms with E-state index in [1.807, 2.05) is 18.7 Å². The first-order valence-corrected chi connectivity index (χ1v) is 7.73. The van der Waals surface area contributed by atoms with Gasteiger partial charge in [-0.05, 0) is 63.8 Å². The van der Waals surface area contributed by atoms with E-state index in [1.165, 1.54) is 11.1 Å². The number of carbonyl (C=O) groups excluding carboxylic acids is 1. The number of carbonyl (C=O) groups is 1. The van der Waals surface area contributed by atoms with Gasteiger partial charge in [0, 0.05) is 30.9 Å². The minimum Gasteiger partial charge on any atom is -0.381 e. The van der Waals surface area contributed by atoms with Crippen LogP contribution < -0.4 is 5.32 Å². The van der Waals surface area contributed by atoms with Crippen LogP contribution in [0.2, 0.25) is 0 Å². The molecule has 1 heterocycles. The summed E-state index contributed by atoms with van der Waals surface area (Å²) in [6.45, 7) is 9.84. The Kier molecular flexibility index (Phi) is 5.05. The van der Waals surface area contributed by atoms with Gasteiger partial charge in [-0.3, -0.25) is 4.79 Å². The highest BCUT2D eigenvalue weighted by atomic mass is 16.2. The number of hydrogen-bond acceptors (Lipinski definition) is 2. The molecular weight excluding hydrogens is 260 g/mol. The van der Waals surface area contributed by atoms with E-state index >= 15 is 0 Å². The van der Waals surface area contributed by atoms with Crippen molar-refractivity contribution in [1.29, 1.82) is 0 Å². The Morgan fingerprint density at radius 1 is 1.29 bits per heavy atom. The number of amides is 1. The summed E-state index contributed by atoms with van der Waals surface area (Å²) in [5.74, 6) is 0.140. The number of likely N-dealkylation sites (tertiary alicyclic amines) is 1. The fourth-order valence-corrected chi connectivity index (χ4v) is 2.70. The summed E-state index contributed by atoms with van der Waals surface area (Å²) in [5.41, 5.74) is 4.82. The molecule has 0 unspecified atom stereocenters. The van der Waals surface area contributed by atoms with E-state index in [0.717, 1.165) is 37.2 Å². The predicted octanol–water partition coefficient (Wildman–Crippen LogP) is 3.67. The molecule has 1 aromatic carbocycles. The summed E-state index contributed by atoms with van der Waals surface area (Å²) in [4.78, 5) is 14.1. The Bertz CT molecular complexity index is 544. The summed E-state index contributed by atoms with van der Waals surface area (Å²) in [5, 5.41) is 3.57. The second kappa shape index (κ2) is 6.79. The van der Waals surface area contributed by atoms with E-state index < -0.39 is 0 Å². The molecule has 0 radical (unpaired) electrons. The van der Waals surface area contributed by atoms with Crippen LogP contribution in [0.15, 0.2) is 29.8 Å². The molecule has 1 amide bonds. The number of anilines is 1. The first-order chi connectivity index (χ1) is 9.95. The van der Waals surface area contributed by atoms with Crippen molar-refractivity contribution in [2.75, 3.05) is 18.4 Å². The lowest BCUT2D eigenvalue weighted by atomic mass is 10.0. The lowest BCUT2D eigenvalue weighted by Crippen LogP contribution is -2.44. The Morgan fingerprint density at radius 2 is 2.05 bits per heavy atom. The number of allylic oxidation sites excluding steroid dienone is 1. The van der Waals surface area contributed by atoms with Crippen LogP contribution in [0.4, 0.5) is 5.69 Å². The smallest absolute Gasteiger partial charge is 0.246 e. The zero-order valence-corrected chi connectivity index (χ0v) is 13.6. The minimum atomic E-state index is 0.140.